The molecule has 0 unspecified atom stereocenters. The Morgan fingerprint density at radius 2 is 1.87 bits per heavy atom. The monoisotopic (exact) mass is 405 g/mol. The van der Waals surface area contributed by atoms with Crippen LogP contribution in [0.2, 0.25) is 0 Å². The van der Waals surface area contributed by atoms with Gasteiger partial charge < -0.3 is 14.5 Å². The first-order chi connectivity index (χ1) is 14.7. The number of carbonyl (C=O) groups is 1. The first-order valence-electron chi connectivity index (χ1n) is 10.6. The molecule has 1 amide bonds. The lowest BCUT2D eigenvalue weighted by atomic mass is 10.1. The van der Waals surface area contributed by atoms with Crippen LogP contribution in [0, 0.1) is 0 Å². The second-order valence-electron chi connectivity index (χ2n) is 7.70. The fourth-order valence-corrected chi connectivity index (χ4v) is 4.03. The van der Waals surface area contributed by atoms with Gasteiger partial charge in [0.25, 0.3) is 5.91 Å². The average Bonchev–Trinajstić information content (AvgIpc) is 3.25. The first-order valence-corrected chi connectivity index (χ1v) is 10.6. The highest BCUT2D eigenvalue weighted by molar-refractivity contribution is 6.00. The number of para-hydroxylation sites is 1. The minimum absolute atomic E-state index is 0.0468. The van der Waals surface area contributed by atoms with E-state index < -0.39 is 0 Å². The topological polar surface area (TPSA) is 51.8 Å². The zero-order chi connectivity index (χ0) is 20.9. The van der Waals surface area contributed by atoms with Crippen LogP contribution in [-0.4, -0.2) is 60.4 Å². The lowest BCUT2D eigenvalue weighted by Gasteiger charge is -2.32. The summed E-state index contributed by atoms with van der Waals surface area (Å²) in [5.74, 6) is 0.794. The van der Waals surface area contributed by atoms with Gasteiger partial charge in [-0.15, -0.1) is 0 Å². The van der Waals surface area contributed by atoms with Gasteiger partial charge in [0.15, 0.2) is 0 Å². The lowest BCUT2D eigenvalue weighted by molar-refractivity contribution is -0.904. The lowest BCUT2D eigenvalue weighted by Crippen LogP contribution is -3.14. The van der Waals surface area contributed by atoms with Crippen LogP contribution >= 0.6 is 0 Å². The van der Waals surface area contributed by atoms with Crippen molar-refractivity contribution in [2.75, 3.05) is 39.8 Å². The highest BCUT2D eigenvalue weighted by atomic mass is 16.5. The number of amides is 1. The number of hydrogen-bond donors (Lipinski definition) is 1. The molecule has 0 saturated carbocycles. The van der Waals surface area contributed by atoms with E-state index in [4.69, 9.17) is 9.84 Å². The van der Waals surface area contributed by atoms with Crippen LogP contribution in [0.4, 0.5) is 0 Å². The number of hydrogen-bond acceptors (Lipinski definition) is 3. The standard InChI is InChI=1S/C24H28N4O2/c1-3-12-26-13-15-27(16-14-26)24(29)22-18-28(20-9-5-4-6-10-20)25-23(22)19-8-7-11-21(17-19)30-2/h4-11,17-18H,3,12-16H2,1-2H3/p+1. The Hall–Kier alpha value is -3.12. The van der Waals surface area contributed by atoms with Gasteiger partial charge in [0.1, 0.15) is 11.4 Å². The molecule has 1 aliphatic heterocycles. The van der Waals surface area contributed by atoms with Crippen molar-refractivity contribution in [1.29, 1.82) is 0 Å². The van der Waals surface area contributed by atoms with Crippen LogP contribution < -0.4 is 9.64 Å². The van der Waals surface area contributed by atoms with Gasteiger partial charge in [-0.05, 0) is 30.7 Å². The van der Waals surface area contributed by atoms with Crippen LogP contribution in [0.1, 0.15) is 23.7 Å². The maximum atomic E-state index is 13.5. The number of nitrogens with one attached hydrogen (secondary N) is 1. The van der Waals surface area contributed by atoms with Crippen LogP contribution in [0.25, 0.3) is 16.9 Å². The Balaban J connectivity index is 1.68. The number of carbonyl (C=O) groups excluding carboxylic acids is 1. The fraction of sp³-hybridized carbons (Fsp3) is 0.333. The highest BCUT2D eigenvalue weighted by Crippen LogP contribution is 2.28. The Morgan fingerprint density at radius 3 is 2.57 bits per heavy atom. The second-order valence-corrected chi connectivity index (χ2v) is 7.70. The summed E-state index contributed by atoms with van der Waals surface area (Å²) in [6, 6.07) is 17.6. The summed E-state index contributed by atoms with van der Waals surface area (Å²) in [5.41, 5.74) is 3.12. The highest BCUT2D eigenvalue weighted by Gasteiger charge is 2.28. The third-order valence-corrected chi connectivity index (χ3v) is 5.67. The molecule has 2 aromatic carbocycles. The largest absolute Gasteiger partial charge is 0.497 e. The molecule has 3 aromatic rings. The summed E-state index contributed by atoms with van der Waals surface area (Å²) >= 11 is 0. The molecule has 0 bridgehead atoms. The van der Waals surface area contributed by atoms with E-state index in [0.717, 1.165) is 43.2 Å². The van der Waals surface area contributed by atoms with Crippen LogP contribution in [0.5, 0.6) is 5.75 Å². The number of methoxy groups -OCH3 is 1. The van der Waals surface area contributed by atoms with Gasteiger partial charge in [0, 0.05) is 11.8 Å². The normalized spacial score (nSPS) is 14.7. The Labute approximate surface area is 177 Å². The first kappa shape index (κ1) is 20.2. The molecule has 0 spiro atoms. The number of ether oxygens (including phenoxy) is 1. The summed E-state index contributed by atoms with van der Waals surface area (Å²) < 4.78 is 7.18. The number of piperazine rings is 1. The van der Waals surface area contributed by atoms with Crippen molar-refractivity contribution >= 4 is 5.91 Å². The fourth-order valence-electron chi connectivity index (χ4n) is 4.03. The third kappa shape index (κ3) is 4.24. The Kier molecular flexibility index (Phi) is 6.14. The molecule has 0 radical (unpaired) electrons. The maximum Gasteiger partial charge on any atom is 0.258 e. The van der Waals surface area contributed by atoms with Crippen LogP contribution in [0.15, 0.2) is 60.8 Å². The van der Waals surface area contributed by atoms with Gasteiger partial charge in [0.05, 0.1) is 51.1 Å². The summed E-state index contributed by atoms with van der Waals surface area (Å²) in [6.07, 6.45) is 3.03. The van der Waals surface area contributed by atoms with E-state index in [2.05, 4.69) is 6.92 Å². The Morgan fingerprint density at radius 1 is 1.10 bits per heavy atom. The van der Waals surface area contributed by atoms with E-state index in [1.807, 2.05) is 65.7 Å². The minimum Gasteiger partial charge on any atom is -0.497 e. The second kappa shape index (κ2) is 9.13. The van der Waals surface area contributed by atoms with Crippen LogP contribution in [0.3, 0.4) is 0 Å². The van der Waals surface area contributed by atoms with E-state index in [9.17, 15) is 4.79 Å². The van der Waals surface area contributed by atoms with Gasteiger partial charge in [-0.2, -0.15) is 5.10 Å². The minimum atomic E-state index is 0.0468. The predicted octanol–water partition coefficient (Wildman–Crippen LogP) is 2.30. The zero-order valence-electron chi connectivity index (χ0n) is 17.7. The molecule has 0 aliphatic carbocycles. The quantitative estimate of drug-likeness (QED) is 0.685. The molecule has 6 heteroatoms. The summed E-state index contributed by atoms with van der Waals surface area (Å²) in [7, 11) is 1.64. The molecule has 0 atom stereocenters. The molecule has 156 valence electrons. The predicted molar refractivity (Wildman–Crippen MR) is 117 cm³/mol. The molecule has 1 saturated heterocycles. The van der Waals surface area contributed by atoms with Crippen molar-refractivity contribution in [3.05, 3.63) is 66.4 Å². The van der Waals surface area contributed by atoms with Gasteiger partial charge >= 0.3 is 0 Å². The van der Waals surface area contributed by atoms with Crippen molar-refractivity contribution < 1.29 is 14.4 Å². The van der Waals surface area contributed by atoms with Gasteiger partial charge in [0.2, 0.25) is 0 Å². The van der Waals surface area contributed by atoms with E-state index in [0.29, 0.717) is 11.3 Å². The average molecular weight is 406 g/mol. The molecule has 30 heavy (non-hydrogen) atoms. The number of benzene rings is 2. The zero-order valence-corrected chi connectivity index (χ0v) is 17.7. The van der Waals surface area contributed by atoms with Crippen molar-refractivity contribution in [3.8, 4) is 22.7 Å². The van der Waals surface area contributed by atoms with Gasteiger partial charge in [-0.3, -0.25) is 4.79 Å². The molecular weight excluding hydrogens is 376 g/mol. The molecule has 1 aromatic heterocycles. The van der Waals surface area contributed by atoms with Crippen molar-refractivity contribution in [2.45, 2.75) is 13.3 Å². The van der Waals surface area contributed by atoms with E-state index in [-0.39, 0.29) is 5.91 Å². The molecule has 6 nitrogen and oxygen atoms in total. The van der Waals surface area contributed by atoms with E-state index in [1.54, 1.807) is 16.7 Å². The van der Waals surface area contributed by atoms with E-state index in [1.165, 1.54) is 13.0 Å². The molecule has 2 heterocycles. The SMILES string of the molecule is CCC[NH+]1CCN(C(=O)c2cn(-c3ccccc3)nc2-c2cccc(OC)c2)CC1. The third-order valence-electron chi connectivity index (χ3n) is 5.67. The summed E-state index contributed by atoms with van der Waals surface area (Å²) in [6.45, 7) is 6.94. The number of quaternary nitrogens is 1. The maximum absolute atomic E-state index is 13.5. The van der Waals surface area contributed by atoms with Crippen molar-refractivity contribution in [3.63, 3.8) is 0 Å². The van der Waals surface area contributed by atoms with Crippen LogP contribution in [-0.2, 0) is 0 Å². The van der Waals surface area contributed by atoms with Gasteiger partial charge in [-0.25, -0.2) is 4.68 Å². The summed E-state index contributed by atoms with van der Waals surface area (Å²) in [4.78, 5) is 17.0. The molecule has 1 aliphatic rings. The molecule has 4 rings (SSSR count). The molecule has 1 fully saturated rings. The van der Waals surface area contributed by atoms with E-state index >= 15 is 0 Å². The molecular formula is C24H29N4O2+. The number of aromatic nitrogens is 2. The number of nitrogens with zero attached hydrogens (tertiary/aromatic N) is 3. The molecule has 1 N–H and O–H groups in total. The summed E-state index contributed by atoms with van der Waals surface area (Å²) in [5, 5.41) is 4.79. The van der Waals surface area contributed by atoms with Crippen molar-refractivity contribution in [2.24, 2.45) is 0 Å². The smallest absolute Gasteiger partial charge is 0.258 e. The number of rotatable bonds is 6. The Bertz CT molecular complexity index is 991. The van der Waals surface area contributed by atoms with Gasteiger partial charge in [-0.1, -0.05) is 37.3 Å². The van der Waals surface area contributed by atoms with Crippen molar-refractivity contribution in [1.82, 2.24) is 14.7 Å².